The Morgan fingerprint density at radius 1 is 1.45 bits per heavy atom. The molecule has 1 fully saturated rings. The van der Waals surface area contributed by atoms with E-state index < -0.39 is 10.2 Å². The van der Waals surface area contributed by atoms with Crippen molar-refractivity contribution in [1.29, 1.82) is 0 Å². The summed E-state index contributed by atoms with van der Waals surface area (Å²) in [5, 5.41) is 3.65. The second-order valence-electron chi connectivity index (χ2n) is 4.96. The number of hydrogen-bond donors (Lipinski definition) is 2. The fraction of sp³-hybridized carbons (Fsp3) is 0.818. The van der Waals surface area contributed by atoms with E-state index in [4.69, 9.17) is 10.3 Å². The van der Waals surface area contributed by atoms with Crippen molar-refractivity contribution in [2.24, 2.45) is 11.7 Å². The summed E-state index contributed by atoms with van der Waals surface area (Å²) < 4.78 is 33.1. The van der Waals surface area contributed by atoms with Gasteiger partial charge in [-0.1, -0.05) is 5.16 Å². The standard InChI is InChI=1S/C11H21N5O3S/c1-9-14-11(19-15-9)2-5-13-20(17,18)16-6-3-10(8-12)4-7-16/h10,13H,2-8,12H2,1H3. The van der Waals surface area contributed by atoms with Crippen molar-refractivity contribution in [3.63, 3.8) is 0 Å². The smallest absolute Gasteiger partial charge is 0.279 e. The zero-order valence-electron chi connectivity index (χ0n) is 11.6. The lowest BCUT2D eigenvalue weighted by molar-refractivity contribution is 0.275. The molecule has 0 atom stereocenters. The predicted octanol–water partition coefficient (Wildman–Crippen LogP) is -0.574. The first-order valence-corrected chi connectivity index (χ1v) is 8.19. The molecule has 0 spiro atoms. The largest absolute Gasteiger partial charge is 0.339 e. The maximum atomic E-state index is 12.1. The second-order valence-corrected chi connectivity index (χ2v) is 6.72. The maximum absolute atomic E-state index is 12.1. The van der Waals surface area contributed by atoms with Gasteiger partial charge in [0, 0.05) is 26.1 Å². The van der Waals surface area contributed by atoms with E-state index in [2.05, 4.69) is 14.9 Å². The summed E-state index contributed by atoms with van der Waals surface area (Å²) in [4.78, 5) is 4.02. The number of nitrogens with two attached hydrogens (primary N) is 1. The third-order valence-corrected chi connectivity index (χ3v) is 5.05. The quantitative estimate of drug-likeness (QED) is 0.727. The van der Waals surface area contributed by atoms with Crippen LogP contribution in [0.3, 0.4) is 0 Å². The van der Waals surface area contributed by atoms with Gasteiger partial charge in [-0.05, 0) is 32.2 Å². The third-order valence-electron chi connectivity index (χ3n) is 3.44. The molecule has 2 rings (SSSR count). The van der Waals surface area contributed by atoms with Crippen LogP contribution in [0.4, 0.5) is 0 Å². The number of piperidine rings is 1. The number of nitrogens with zero attached hydrogens (tertiary/aromatic N) is 3. The van der Waals surface area contributed by atoms with Gasteiger partial charge in [0.15, 0.2) is 5.82 Å². The second kappa shape index (κ2) is 6.61. The average Bonchev–Trinajstić information content (AvgIpc) is 2.84. The lowest BCUT2D eigenvalue weighted by Crippen LogP contribution is -2.46. The van der Waals surface area contributed by atoms with Crippen molar-refractivity contribution in [2.45, 2.75) is 26.2 Å². The first-order valence-electron chi connectivity index (χ1n) is 6.75. The van der Waals surface area contributed by atoms with Gasteiger partial charge in [-0.15, -0.1) is 0 Å². The molecule has 20 heavy (non-hydrogen) atoms. The fourth-order valence-electron chi connectivity index (χ4n) is 2.21. The predicted molar refractivity (Wildman–Crippen MR) is 73.0 cm³/mol. The van der Waals surface area contributed by atoms with E-state index in [0.717, 1.165) is 12.8 Å². The van der Waals surface area contributed by atoms with Crippen LogP contribution in [0.15, 0.2) is 4.52 Å². The van der Waals surface area contributed by atoms with E-state index >= 15 is 0 Å². The van der Waals surface area contributed by atoms with Gasteiger partial charge < -0.3 is 10.3 Å². The topological polar surface area (TPSA) is 114 Å². The first kappa shape index (κ1) is 15.4. The number of aryl methyl sites for hydroxylation is 1. The van der Waals surface area contributed by atoms with Crippen LogP contribution in [-0.2, 0) is 16.6 Å². The Morgan fingerprint density at radius 3 is 2.70 bits per heavy atom. The van der Waals surface area contributed by atoms with Crippen molar-refractivity contribution in [3.8, 4) is 0 Å². The number of rotatable bonds is 6. The Kier molecular flexibility index (Phi) is 5.08. The minimum atomic E-state index is -3.43. The number of aromatic nitrogens is 2. The first-order chi connectivity index (χ1) is 9.51. The summed E-state index contributed by atoms with van der Waals surface area (Å²) in [5.41, 5.74) is 5.60. The van der Waals surface area contributed by atoms with Gasteiger partial charge in [0.25, 0.3) is 10.2 Å². The molecule has 1 aromatic heterocycles. The zero-order valence-corrected chi connectivity index (χ0v) is 12.4. The Bertz CT molecular complexity index is 522. The number of hydrogen-bond acceptors (Lipinski definition) is 6. The van der Waals surface area contributed by atoms with Gasteiger partial charge in [-0.25, -0.2) is 4.72 Å². The van der Waals surface area contributed by atoms with Crippen LogP contribution in [-0.4, -0.2) is 49.0 Å². The Balaban J connectivity index is 1.79. The van der Waals surface area contributed by atoms with Crippen LogP contribution in [0, 0.1) is 12.8 Å². The molecule has 0 saturated carbocycles. The van der Waals surface area contributed by atoms with Gasteiger partial charge >= 0.3 is 0 Å². The summed E-state index contributed by atoms with van der Waals surface area (Å²) in [7, 11) is -3.43. The van der Waals surface area contributed by atoms with E-state index in [1.165, 1.54) is 4.31 Å². The molecule has 0 aromatic carbocycles. The average molecular weight is 303 g/mol. The molecule has 3 N–H and O–H groups in total. The Morgan fingerprint density at radius 2 is 2.15 bits per heavy atom. The van der Waals surface area contributed by atoms with Crippen molar-refractivity contribution < 1.29 is 12.9 Å². The van der Waals surface area contributed by atoms with Crippen molar-refractivity contribution in [3.05, 3.63) is 11.7 Å². The molecule has 8 nitrogen and oxygen atoms in total. The normalized spacial score (nSPS) is 18.5. The van der Waals surface area contributed by atoms with E-state index in [1.54, 1.807) is 6.92 Å². The van der Waals surface area contributed by atoms with Crippen molar-refractivity contribution in [1.82, 2.24) is 19.2 Å². The summed E-state index contributed by atoms with van der Waals surface area (Å²) in [6.07, 6.45) is 2.03. The molecule has 2 heterocycles. The Hall–Kier alpha value is -1.03. The molecule has 1 aromatic rings. The van der Waals surface area contributed by atoms with Crippen LogP contribution >= 0.6 is 0 Å². The Labute approximate surface area is 118 Å². The minimum absolute atomic E-state index is 0.251. The fourth-order valence-corrected chi connectivity index (χ4v) is 3.44. The molecule has 1 aliphatic rings. The van der Waals surface area contributed by atoms with Crippen LogP contribution in [0.1, 0.15) is 24.6 Å². The molecule has 1 saturated heterocycles. The highest BCUT2D eigenvalue weighted by molar-refractivity contribution is 7.87. The summed E-state index contributed by atoms with van der Waals surface area (Å²) >= 11 is 0. The molecule has 9 heteroatoms. The minimum Gasteiger partial charge on any atom is -0.339 e. The summed E-state index contributed by atoms with van der Waals surface area (Å²) in [6.45, 7) is 3.64. The van der Waals surface area contributed by atoms with Gasteiger partial charge in [0.1, 0.15) is 0 Å². The third kappa shape index (κ3) is 3.98. The maximum Gasteiger partial charge on any atom is 0.279 e. The van der Waals surface area contributed by atoms with Gasteiger partial charge in [0.05, 0.1) is 0 Å². The van der Waals surface area contributed by atoms with Gasteiger partial charge in [-0.3, -0.25) is 0 Å². The highest BCUT2D eigenvalue weighted by Crippen LogP contribution is 2.17. The number of nitrogens with one attached hydrogen (secondary N) is 1. The van der Waals surface area contributed by atoms with Crippen LogP contribution < -0.4 is 10.5 Å². The summed E-state index contributed by atoms with van der Waals surface area (Å²) in [6, 6.07) is 0. The molecule has 0 bridgehead atoms. The zero-order chi connectivity index (χ0) is 14.6. The SMILES string of the molecule is Cc1noc(CCNS(=O)(=O)N2CCC(CN)CC2)n1. The molecule has 114 valence electrons. The van der Waals surface area contributed by atoms with Crippen molar-refractivity contribution >= 4 is 10.2 Å². The molecule has 0 radical (unpaired) electrons. The molecule has 0 amide bonds. The van der Waals surface area contributed by atoms with E-state index in [9.17, 15) is 8.42 Å². The van der Waals surface area contributed by atoms with E-state index in [-0.39, 0.29) is 6.54 Å². The van der Waals surface area contributed by atoms with Crippen molar-refractivity contribution in [2.75, 3.05) is 26.2 Å². The lowest BCUT2D eigenvalue weighted by Gasteiger charge is -2.30. The summed E-state index contributed by atoms with van der Waals surface area (Å²) in [5.74, 6) is 1.42. The monoisotopic (exact) mass is 303 g/mol. The molecule has 0 unspecified atom stereocenters. The van der Waals surface area contributed by atoms with Gasteiger partial charge in [0.2, 0.25) is 5.89 Å². The highest BCUT2D eigenvalue weighted by atomic mass is 32.2. The molecular formula is C11H21N5O3S. The highest BCUT2D eigenvalue weighted by Gasteiger charge is 2.27. The van der Waals surface area contributed by atoms with Crippen LogP contribution in [0.25, 0.3) is 0 Å². The van der Waals surface area contributed by atoms with E-state index in [0.29, 0.717) is 43.7 Å². The lowest BCUT2D eigenvalue weighted by atomic mass is 9.99. The van der Waals surface area contributed by atoms with Gasteiger partial charge in [-0.2, -0.15) is 17.7 Å². The molecular weight excluding hydrogens is 282 g/mol. The molecule has 0 aliphatic carbocycles. The molecule has 1 aliphatic heterocycles. The van der Waals surface area contributed by atoms with Crippen LogP contribution in [0.2, 0.25) is 0 Å². The van der Waals surface area contributed by atoms with Crippen LogP contribution in [0.5, 0.6) is 0 Å². The van der Waals surface area contributed by atoms with E-state index in [1.807, 2.05) is 0 Å².